The number of fused-ring (bicyclic) bond motifs is 1. The molecule has 2 aromatic rings. The Hall–Kier alpha value is -0.700. The summed E-state index contributed by atoms with van der Waals surface area (Å²) in [4.78, 5) is 0. The third-order valence-electron chi connectivity index (χ3n) is 4.45. The first kappa shape index (κ1) is 18.1. The summed E-state index contributed by atoms with van der Waals surface area (Å²) in [6.07, 6.45) is 1.96. The average molecular weight is 389 g/mol. The molecule has 1 aliphatic heterocycles. The van der Waals surface area contributed by atoms with E-state index in [1.807, 2.05) is 6.07 Å². The van der Waals surface area contributed by atoms with E-state index in [0.29, 0.717) is 30.0 Å². The van der Waals surface area contributed by atoms with Crippen LogP contribution in [0.4, 0.5) is 0 Å². The van der Waals surface area contributed by atoms with Crippen molar-refractivity contribution in [1.82, 2.24) is 10.0 Å². The van der Waals surface area contributed by atoms with Crippen LogP contribution in [0.2, 0.25) is 5.02 Å². The smallest absolute Gasteiger partial charge is 0.250 e. The molecule has 3 rings (SSSR count). The molecular weight excluding hydrogens is 368 g/mol. The Morgan fingerprint density at radius 3 is 2.96 bits per heavy atom. The zero-order valence-electron chi connectivity index (χ0n) is 13.4. The molecule has 0 amide bonds. The minimum atomic E-state index is -3.67. The third kappa shape index (κ3) is 3.76. The number of hydrogen-bond donors (Lipinski definition) is 3. The summed E-state index contributed by atoms with van der Waals surface area (Å²) < 4.78 is 29.2. The predicted molar refractivity (Wildman–Crippen MR) is 98.4 cm³/mol. The Kier molecular flexibility index (Phi) is 5.20. The number of sulfonamides is 1. The second-order valence-electron chi connectivity index (χ2n) is 6.31. The molecule has 1 unspecified atom stereocenters. The van der Waals surface area contributed by atoms with Crippen LogP contribution in [0.15, 0.2) is 22.4 Å². The monoisotopic (exact) mass is 388 g/mol. The van der Waals surface area contributed by atoms with Gasteiger partial charge in [-0.05, 0) is 68.4 Å². The molecule has 2 heterocycles. The first-order valence-corrected chi connectivity index (χ1v) is 10.6. The van der Waals surface area contributed by atoms with Crippen molar-refractivity contribution < 1.29 is 13.5 Å². The van der Waals surface area contributed by atoms with Gasteiger partial charge in [0.25, 0.3) is 0 Å². The van der Waals surface area contributed by atoms with E-state index in [9.17, 15) is 13.5 Å². The normalized spacial score (nSPS) is 22.6. The van der Waals surface area contributed by atoms with Gasteiger partial charge in [0.2, 0.25) is 10.0 Å². The van der Waals surface area contributed by atoms with Gasteiger partial charge in [-0.1, -0.05) is 11.6 Å². The molecule has 1 atom stereocenters. The van der Waals surface area contributed by atoms with Crippen molar-refractivity contribution in [1.29, 1.82) is 0 Å². The minimum absolute atomic E-state index is 0.0332. The molecule has 0 aliphatic carbocycles. The van der Waals surface area contributed by atoms with Crippen molar-refractivity contribution in [2.45, 2.75) is 36.0 Å². The number of benzene rings is 1. The molecule has 8 heteroatoms. The molecule has 0 radical (unpaired) electrons. The molecule has 1 aromatic heterocycles. The quantitative estimate of drug-likeness (QED) is 0.752. The molecule has 3 N–H and O–H groups in total. The molecule has 1 aliphatic rings. The van der Waals surface area contributed by atoms with Gasteiger partial charge in [0.1, 0.15) is 4.21 Å². The Bertz CT molecular complexity index is 840. The van der Waals surface area contributed by atoms with Crippen molar-refractivity contribution in [2.75, 3.05) is 19.6 Å². The van der Waals surface area contributed by atoms with E-state index >= 15 is 0 Å². The van der Waals surface area contributed by atoms with Crippen LogP contribution < -0.4 is 10.0 Å². The van der Waals surface area contributed by atoms with Gasteiger partial charge in [-0.3, -0.25) is 0 Å². The van der Waals surface area contributed by atoms with Crippen molar-refractivity contribution in [3.63, 3.8) is 0 Å². The van der Waals surface area contributed by atoms with Crippen LogP contribution in [0, 0.1) is 6.92 Å². The van der Waals surface area contributed by atoms with E-state index in [0.717, 1.165) is 23.1 Å². The Morgan fingerprint density at radius 1 is 1.38 bits per heavy atom. The van der Waals surface area contributed by atoms with Crippen LogP contribution in [0.5, 0.6) is 0 Å². The molecule has 0 saturated carbocycles. The lowest BCUT2D eigenvalue weighted by atomic mass is 9.95. The van der Waals surface area contributed by atoms with Crippen LogP contribution >= 0.6 is 22.9 Å². The van der Waals surface area contributed by atoms with Gasteiger partial charge in [-0.15, -0.1) is 11.3 Å². The second-order valence-corrected chi connectivity index (χ2v) is 9.76. The van der Waals surface area contributed by atoms with Crippen molar-refractivity contribution in [3.8, 4) is 0 Å². The highest BCUT2D eigenvalue weighted by Gasteiger charge is 2.31. The highest BCUT2D eigenvalue weighted by Crippen LogP contribution is 2.35. The van der Waals surface area contributed by atoms with Crippen LogP contribution in [0.3, 0.4) is 0 Å². The lowest BCUT2D eigenvalue weighted by Crippen LogP contribution is -2.43. The molecule has 132 valence electrons. The lowest BCUT2D eigenvalue weighted by molar-refractivity contribution is 0.0335. The lowest BCUT2D eigenvalue weighted by Gasteiger charge is -2.26. The van der Waals surface area contributed by atoms with E-state index in [1.165, 1.54) is 11.3 Å². The van der Waals surface area contributed by atoms with Crippen LogP contribution in [0.1, 0.15) is 24.8 Å². The fraction of sp³-hybridized carbons (Fsp3) is 0.500. The van der Waals surface area contributed by atoms with E-state index < -0.39 is 15.6 Å². The molecule has 1 saturated heterocycles. The van der Waals surface area contributed by atoms with Crippen molar-refractivity contribution >= 4 is 43.0 Å². The highest BCUT2D eigenvalue weighted by molar-refractivity contribution is 7.91. The number of halogens is 1. The molecule has 0 spiro atoms. The van der Waals surface area contributed by atoms with Gasteiger partial charge >= 0.3 is 0 Å². The summed E-state index contributed by atoms with van der Waals surface area (Å²) in [5, 5.41) is 15.3. The maximum atomic E-state index is 12.7. The van der Waals surface area contributed by atoms with Gasteiger partial charge in [0, 0.05) is 16.3 Å². The van der Waals surface area contributed by atoms with E-state index in [4.69, 9.17) is 11.6 Å². The summed E-state index contributed by atoms with van der Waals surface area (Å²) in [5.74, 6) is 0. The molecule has 0 bridgehead atoms. The highest BCUT2D eigenvalue weighted by atomic mass is 35.5. The van der Waals surface area contributed by atoms with Crippen molar-refractivity contribution in [3.05, 3.63) is 28.8 Å². The fourth-order valence-electron chi connectivity index (χ4n) is 3.01. The number of rotatable bonds is 4. The van der Waals surface area contributed by atoms with Crippen LogP contribution in [-0.4, -0.2) is 38.8 Å². The largest absolute Gasteiger partial charge is 0.388 e. The first-order chi connectivity index (χ1) is 11.3. The fourth-order valence-corrected chi connectivity index (χ4v) is 6.09. The zero-order chi connectivity index (χ0) is 17.4. The Morgan fingerprint density at radius 2 is 2.17 bits per heavy atom. The summed E-state index contributed by atoms with van der Waals surface area (Å²) in [6, 6.07) is 5.37. The molecule has 24 heavy (non-hydrogen) atoms. The molecule has 1 aromatic carbocycles. The maximum absolute atomic E-state index is 12.7. The van der Waals surface area contributed by atoms with Gasteiger partial charge in [-0.25, -0.2) is 13.1 Å². The number of hydrogen-bond acceptors (Lipinski definition) is 5. The molecule has 5 nitrogen and oxygen atoms in total. The predicted octanol–water partition coefficient (Wildman–Crippen LogP) is 2.65. The number of nitrogens with one attached hydrogen (secondary N) is 2. The summed E-state index contributed by atoms with van der Waals surface area (Å²) >= 11 is 7.24. The minimum Gasteiger partial charge on any atom is -0.388 e. The van der Waals surface area contributed by atoms with Crippen LogP contribution in [-0.2, 0) is 10.0 Å². The maximum Gasteiger partial charge on any atom is 0.250 e. The molecular formula is C16H21ClN2O3S2. The van der Waals surface area contributed by atoms with Gasteiger partial charge < -0.3 is 10.4 Å². The second kappa shape index (κ2) is 6.90. The van der Waals surface area contributed by atoms with E-state index in [1.54, 1.807) is 19.1 Å². The number of thiophene rings is 1. The first-order valence-electron chi connectivity index (χ1n) is 7.92. The van der Waals surface area contributed by atoms with E-state index in [2.05, 4.69) is 10.0 Å². The summed E-state index contributed by atoms with van der Waals surface area (Å²) in [5.41, 5.74) is -0.302. The van der Waals surface area contributed by atoms with Crippen molar-refractivity contribution in [2.24, 2.45) is 0 Å². The summed E-state index contributed by atoms with van der Waals surface area (Å²) in [7, 11) is -3.67. The molecule has 1 fully saturated rings. The van der Waals surface area contributed by atoms with Gasteiger partial charge in [0.15, 0.2) is 0 Å². The third-order valence-corrected chi connectivity index (χ3v) is 7.98. The SMILES string of the molecule is Cc1c(S(=O)(=O)NCC2(O)CCCNCC2)sc2ccc(Cl)cc12. The van der Waals surface area contributed by atoms with E-state index in [-0.39, 0.29) is 10.8 Å². The Balaban J connectivity index is 1.84. The standard InChI is InChI=1S/C16H21ClN2O3S2/c1-11-13-9-12(17)3-4-14(13)23-15(11)24(21,22)19-10-16(20)5-2-7-18-8-6-16/h3-4,9,18-20H,2,5-8,10H2,1H3. The average Bonchev–Trinajstić information content (AvgIpc) is 2.72. The van der Waals surface area contributed by atoms with Gasteiger partial charge in [-0.2, -0.15) is 0 Å². The topological polar surface area (TPSA) is 78.4 Å². The zero-order valence-corrected chi connectivity index (χ0v) is 15.8. The van der Waals surface area contributed by atoms with Crippen LogP contribution in [0.25, 0.3) is 10.1 Å². The number of aliphatic hydroxyl groups is 1. The van der Waals surface area contributed by atoms with Gasteiger partial charge in [0.05, 0.1) is 5.60 Å². The number of aryl methyl sites for hydroxylation is 1. The summed E-state index contributed by atoms with van der Waals surface area (Å²) in [6.45, 7) is 3.36. The Labute approximate surface area is 151 Å².